The van der Waals surface area contributed by atoms with Crippen LogP contribution in [0.4, 0.5) is 0 Å². The first-order chi connectivity index (χ1) is 4.74. The number of amides is 1. The zero-order valence-electron chi connectivity index (χ0n) is 5.59. The molecular formula is C6H10INO2. The first kappa shape index (κ1) is 8.26. The van der Waals surface area contributed by atoms with Crippen LogP contribution in [-0.2, 0) is 4.79 Å². The molecule has 1 aliphatic heterocycles. The van der Waals surface area contributed by atoms with E-state index in [4.69, 9.17) is 5.11 Å². The second-order valence-electron chi connectivity index (χ2n) is 2.38. The van der Waals surface area contributed by atoms with Gasteiger partial charge in [0.1, 0.15) is 6.61 Å². The average molecular weight is 255 g/mol. The Morgan fingerprint density at radius 1 is 1.80 bits per heavy atom. The molecule has 0 aromatic rings. The van der Waals surface area contributed by atoms with E-state index in [1.807, 2.05) is 0 Å². The summed E-state index contributed by atoms with van der Waals surface area (Å²) in [5.74, 6) is -0.140. The summed E-state index contributed by atoms with van der Waals surface area (Å²) in [4.78, 5) is 12.5. The molecule has 1 amide bonds. The number of hydrogen-bond acceptors (Lipinski definition) is 2. The van der Waals surface area contributed by atoms with E-state index < -0.39 is 0 Å². The highest BCUT2D eigenvalue weighted by atomic mass is 127. The lowest BCUT2D eigenvalue weighted by atomic mass is 10.4. The van der Waals surface area contributed by atoms with Gasteiger partial charge in [0.15, 0.2) is 0 Å². The molecule has 1 atom stereocenters. The molecule has 1 rings (SSSR count). The number of alkyl halides is 1. The van der Waals surface area contributed by atoms with Gasteiger partial charge in [0.05, 0.1) is 0 Å². The Labute approximate surface area is 73.5 Å². The number of rotatable bonds is 1. The van der Waals surface area contributed by atoms with Gasteiger partial charge < -0.3 is 10.0 Å². The maximum Gasteiger partial charge on any atom is 0.248 e. The van der Waals surface area contributed by atoms with Crippen LogP contribution < -0.4 is 0 Å². The average Bonchev–Trinajstić information content (AvgIpc) is 2.34. The first-order valence-electron chi connectivity index (χ1n) is 3.26. The van der Waals surface area contributed by atoms with Crippen molar-refractivity contribution >= 4 is 28.5 Å². The van der Waals surface area contributed by atoms with Crippen molar-refractivity contribution in [3.63, 3.8) is 0 Å². The summed E-state index contributed by atoms with van der Waals surface area (Å²) in [5, 5.41) is 8.49. The molecule has 0 radical (unpaired) electrons. The quantitative estimate of drug-likeness (QED) is 0.530. The smallest absolute Gasteiger partial charge is 0.248 e. The molecule has 3 nitrogen and oxygen atoms in total. The molecule has 1 fully saturated rings. The van der Waals surface area contributed by atoms with Crippen molar-refractivity contribution in [1.82, 2.24) is 4.90 Å². The predicted octanol–water partition coefficient (Wildman–Crippen LogP) is 0.0146. The fraction of sp³-hybridized carbons (Fsp3) is 0.833. The van der Waals surface area contributed by atoms with Crippen molar-refractivity contribution in [2.45, 2.75) is 10.3 Å². The highest BCUT2D eigenvalue weighted by Crippen LogP contribution is 2.16. The number of nitrogens with zero attached hydrogens (tertiary/aromatic N) is 1. The van der Waals surface area contributed by atoms with Crippen molar-refractivity contribution in [2.24, 2.45) is 0 Å². The molecule has 58 valence electrons. The van der Waals surface area contributed by atoms with Crippen LogP contribution in [0, 0.1) is 0 Å². The van der Waals surface area contributed by atoms with Crippen molar-refractivity contribution in [1.29, 1.82) is 0 Å². The predicted molar refractivity (Wildman–Crippen MR) is 46.1 cm³/mol. The first-order valence-corrected chi connectivity index (χ1v) is 4.51. The van der Waals surface area contributed by atoms with Crippen LogP contribution in [0.1, 0.15) is 6.42 Å². The highest BCUT2D eigenvalue weighted by Gasteiger charge is 2.22. The normalized spacial score (nSPS) is 25.4. The van der Waals surface area contributed by atoms with Gasteiger partial charge >= 0.3 is 0 Å². The number of carbonyl (C=O) groups is 1. The summed E-state index contributed by atoms with van der Waals surface area (Å²) in [6, 6.07) is 0. The van der Waals surface area contributed by atoms with Crippen LogP contribution in [0.25, 0.3) is 0 Å². The highest BCUT2D eigenvalue weighted by molar-refractivity contribution is 14.1. The standard InChI is InChI=1S/C6H10INO2/c7-5-1-2-8(3-5)6(10)4-9/h5,9H,1-4H2/t5-/m1/s1. The Morgan fingerprint density at radius 2 is 2.50 bits per heavy atom. The number of hydrogen-bond donors (Lipinski definition) is 1. The summed E-state index contributed by atoms with van der Waals surface area (Å²) in [5.41, 5.74) is 0. The van der Waals surface area contributed by atoms with E-state index in [0.717, 1.165) is 19.5 Å². The molecule has 1 N–H and O–H groups in total. The van der Waals surface area contributed by atoms with Crippen LogP contribution in [0.15, 0.2) is 0 Å². The SMILES string of the molecule is O=C(CO)N1CC[C@@H](I)C1. The van der Waals surface area contributed by atoms with Crippen LogP contribution >= 0.6 is 22.6 Å². The van der Waals surface area contributed by atoms with E-state index in [1.165, 1.54) is 0 Å². The minimum absolute atomic E-state index is 0.140. The largest absolute Gasteiger partial charge is 0.387 e. The maximum atomic E-state index is 10.8. The molecule has 1 heterocycles. The molecule has 10 heavy (non-hydrogen) atoms. The van der Waals surface area contributed by atoms with Gasteiger partial charge in [0, 0.05) is 17.0 Å². The molecule has 0 aromatic carbocycles. The summed E-state index contributed by atoms with van der Waals surface area (Å²) < 4.78 is 0.577. The number of aliphatic hydroxyl groups is 1. The topological polar surface area (TPSA) is 40.5 Å². The van der Waals surface area contributed by atoms with E-state index in [1.54, 1.807) is 4.90 Å². The molecule has 0 spiro atoms. The minimum Gasteiger partial charge on any atom is -0.387 e. The minimum atomic E-state index is -0.344. The van der Waals surface area contributed by atoms with E-state index in [2.05, 4.69) is 22.6 Å². The van der Waals surface area contributed by atoms with Gasteiger partial charge in [-0.1, -0.05) is 22.6 Å². The third kappa shape index (κ3) is 1.82. The van der Waals surface area contributed by atoms with Crippen LogP contribution in [0.5, 0.6) is 0 Å². The summed E-state index contributed by atoms with van der Waals surface area (Å²) >= 11 is 2.32. The molecule has 0 aliphatic carbocycles. The molecule has 0 bridgehead atoms. The lowest BCUT2D eigenvalue weighted by Gasteiger charge is -2.12. The van der Waals surface area contributed by atoms with Gasteiger partial charge in [0.25, 0.3) is 0 Å². The van der Waals surface area contributed by atoms with Gasteiger partial charge in [-0.25, -0.2) is 0 Å². The Hall–Kier alpha value is 0.160. The van der Waals surface area contributed by atoms with Gasteiger partial charge in [-0.3, -0.25) is 4.79 Å². The molecule has 4 heteroatoms. The van der Waals surface area contributed by atoms with Crippen LogP contribution in [0.2, 0.25) is 0 Å². The van der Waals surface area contributed by atoms with Crippen molar-refractivity contribution in [2.75, 3.05) is 19.7 Å². The lowest BCUT2D eigenvalue weighted by molar-refractivity contribution is -0.133. The zero-order valence-corrected chi connectivity index (χ0v) is 7.74. The third-order valence-corrected chi connectivity index (χ3v) is 2.64. The van der Waals surface area contributed by atoms with Gasteiger partial charge in [0.2, 0.25) is 5.91 Å². The Morgan fingerprint density at radius 3 is 2.90 bits per heavy atom. The van der Waals surface area contributed by atoms with Gasteiger partial charge in [-0.05, 0) is 6.42 Å². The third-order valence-electron chi connectivity index (χ3n) is 1.62. The number of halogens is 1. The number of likely N-dealkylation sites (tertiary alicyclic amines) is 1. The molecule has 0 unspecified atom stereocenters. The van der Waals surface area contributed by atoms with Crippen molar-refractivity contribution in [3.8, 4) is 0 Å². The number of carbonyl (C=O) groups excluding carboxylic acids is 1. The second-order valence-corrected chi connectivity index (χ2v) is 4.15. The molecule has 0 aromatic heterocycles. The van der Waals surface area contributed by atoms with E-state index in [0.29, 0.717) is 3.92 Å². The molecule has 1 aliphatic rings. The Balaban J connectivity index is 2.37. The Kier molecular flexibility index (Phi) is 2.91. The van der Waals surface area contributed by atoms with E-state index in [9.17, 15) is 4.79 Å². The molecule has 1 saturated heterocycles. The lowest BCUT2D eigenvalue weighted by Crippen LogP contribution is -2.30. The molecule has 0 saturated carbocycles. The van der Waals surface area contributed by atoms with Crippen LogP contribution in [-0.4, -0.2) is 39.5 Å². The maximum absolute atomic E-state index is 10.8. The second kappa shape index (κ2) is 3.52. The number of aliphatic hydroxyl groups excluding tert-OH is 1. The Bertz CT molecular complexity index is 140. The van der Waals surface area contributed by atoms with E-state index in [-0.39, 0.29) is 12.5 Å². The van der Waals surface area contributed by atoms with Gasteiger partial charge in [-0.15, -0.1) is 0 Å². The fourth-order valence-corrected chi connectivity index (χ4v) is 1.80. The summed E-state index contributed by atoms with van der Waals surface area (Å²) in [6.07, 6.45) is 1.06. The van der Waals surface area contributed by atoms with E-state index >= 15 is 0 Å². The summed E-state index contributed by atoms with van der Waals surface area (Å²) in [6.45, 7) is 1.27. The fourth-order valence-electron chi connectivity index (χ4n) is 1.04. The van der Waals surface area contributed by atoms with Crippen molar-refractivity contribution in [3.05, 3.63) is 0 Å². The van der Waals surface area contributed by atoms with Gasteiger partial charge in [-0.2, -0.15) is 0 Å². The molecular weight excluding hydrogens is 245 g/mol. The van der Waals surface area contributed by atoms with Crippen LogP contribution in [0.3, 0.4) is 0 Å². The monoisotopic (exact) mass is 255 g/mol. The van der Waals surface area contributed by atoms with Crippen molar-refractivity contribution < 1.29 is 9.90 Å². The zero-order chi connectivity index (χ0) is 7.56. The summed E-state index contributed by atoms with van der Waals surface area (Å²) in [7, 11) is 0.